The summed E-state index contributed by atoms with van der Waals surface area (Å²) in [4.78, 5) is 17.4. The predicted molar refractivity (Wildman–Crippen MR) is 68.5 cm³/mol. The molecule has 0 spiro atoms. The van der Waals surface area contributed by atoms with E-state index in [0.717, 1.165) is 5.56 Å². The highest BCUT2D eigenvalue weighted by Crippen LogP contribution is 2.13. The maximum Gasteiger partial charge on any atom is 0.273 e. The summed E-state index contributed by atoms with van der Waals surface area (Å²) >= 11 is 0. The molecule has 0 atom stereocenters. The van der Waals surface area contributed by atoms with E-state index < -0.39 is 0 Å². The van der Waals surface area contributed by atoms with Crippen molar-refractivity contribution in [1.29, 1.82) is 0 Å². The van der Waals surface area contributed by atoms with Crippen molar-refractivity contribution >= 4 is 11.6 Å². The number of anilines is 1. The van der Waals surface area contributed by atoms with Crippen LogP contribution in [0.4, 0.5) is 5.69 Å². The largest absolute Gasteiger partial charge is 0.397 e. The van der Waals surface area contributed by atoms with Gasteiger partial charge in [0, 0.05) is 20.3 Å². The van der Waals surface area contributed by atoms with E-state index in [9.17, 15) is 4.79 Å². The third-order valence-corrected chi connectivity index (χ3v) is 2.59. The fourth-order valence-corrected chi connectivity index (χ4v) is 1.47. The van der Waals surface area contributed by atoms with E-state index in [1.807, 2.05) is 13.0 Å². The van der Waals surface area contributed by atoms with Crippen molar-refractivity contribution in [1.82, 2.24) is 19.7 Å². The maximum absolute atomic E-state index is 11.7. The smallest absolute Gasteiger partial charge is 0.273 e. The van der Waals surface area contributed by atoms with Crippen molar-refractivity contribution in [2.75, 3.05) is 19.8 Å². The summed E-state index contributed by atoms with van der Waals surface area (Å²) in [5.74, 6) is 0.500. The predicted octanol–water partition coefficient (Wildman–Crippen LogP) is 0.860. The Hall–Kier alpha value is -2.37. The third-order valence-electron chi connectivity index (χ3n) is 2.59. The molecule has 0 aliphatic rings. The molecule has 1 amide bonds. The Morgan fingerprint density at radius 1 is 1.44 bits per heavy atom. The molecule has 2 heterocycles. The lowest BCUT2D eigenvalue weighted by molar-refractivity contribution is 0.0821. The molecule has 0 unspecified atom stereocenters. The van der Waals surface area contributed by atoms with Crippen LogP contribution < -0.4 is 5.73 Å². The van der Waals surface area contributed by atoms with Gasteiger partial charge >= 0.3 is 0 Å². The molecule has 2 aromatic rings. The Morgan fingerprint density at radius 3 is 2.78 bits per heavy atom. The van der Waals surface area contributed by atoms with Gasteiger partial charge in [0.15, 0.2) is 11.5 Å². The minimum atomic E-state index is -0.138. The molecule has 2 aromatic heterocycles. The maximum atomic E-state index is 11.7. The monoisotopic (exact) mass is 245 g/mol. The topological polar surface area (TPSA) is 77.0 Å². The molecule has 0 aromatic carbocycles. The van der Waals surface area contributed by atoms with E-state index in [-0.39, 0.29) is 5.91 Å². The van der Waals surface area contributed by atoms with Crippen molar-refractivity contribution in [3.05, 3.63) is 35.8 Å². The van der Waals surface area contributed by atoms with Crippen molar-refractivity contribution in [2.45, 2.75) is 6.92 Å². The summed E-state index contributed by atoms with van der Waals surface area (Å²) in [5.41, 5.74) is 7.65. The first kappa shape index (κ1) is 12.1. The summed E-state index contributed by atoms with van der Waals surface area (Å²) in [6, 6.07) is 3.49. The van der Waals surface area contributed by atoms with Crippen LogP contribution in [0.25, 0.3) is 5.82 Å². The Kier molecular flexibility index (Phi) is 3.01. The van der Waals surface area contributed by atoms with Gasteiger partial charge in [-0.15, -0.1) is 0 Å². The fraction of sp³-hybridized carbons (Fsp3) is 0.250. The molecule has 0 radical (unpaired) electrons. The molecule has 6 nitrogen and oxygen atoms in total. The van der Waals surface area contributed by atoms with Gasteiger partial charge in [0.05, 0.1) is 11.9 Å². The highest BCUT2D eigenvalue weighted by atomic mass is 16.2. The number of carbonyl (C=O) groups excluding carboxylic acids is 1. The molecule has 0 aliphatic heterocycles. The van der Waals surface area contributed by atoms with Crippen LogP contribution in [0.1, 0.15) is 16.1 Å². The van der Waals surface area contributed by atoms with Crippen LogP contribution in [-0.4, -0.2) is 39.7 Å². The van der Waals surface area contributed by atoms with Crippen LogP contribution >= 0.6 is 0 Å². The van der Waals surface area contributed by atoms with Gasteiger partial charge in [0.25, 0.3) is 5.91 Å². The summed E-state index contributed by atoms with van der Waals surface area (Å²) in [6.07, 6.45) is 3.29. The standard InChI is InChI=1S/C12H15N5O/c1-8-6-11(14-7-9(8)13)17-5-4-10(15-17)12(18)16(2)3/h4-7H,13H2,1-3H3. The van der Waals surface area contributed by atoms with Crippen molar-refractivity contribution in [3.63, 3.8) is 0 Å². The molecular formula is C12H15N5O. The van der Waals surface area contributed by atoms with Gasteiger partial charge in [-0.05, 0) is 24.6 Å². The number of pyridine rings is 1. The molecule has 0 saturated carbocycles. The molecule has 2 N–H and O–H groups in total. The second-order valence-electron chi connectivity index (χ2n) is 4.24. The van der Waals surface area contributed by atoms with Gasteiger partial charge < -0.3 is 10.6 Å². The highest BCUT2D eigenvalue weighted by molar-refractivity contribution is 5.91. The fourth-order valence-electron chi connectivity index (χ4n) is 1.47. The van der Waals surface area contributed by atoms with Crippen LogP contribution in [0.15, 0.2) is 24.5 Å². The number of carbonyl (C=O) groups is 1. The van der Waals surface area contributed by atoms with Crippen LogP contribution in [0.5, 0.6) is 0 Å². The number of aryl methyl sites for hydroxylation is 1. The molecule has 0 bridgehead atoms. The first-order chi connectivity index (χ1) is 8.49. The van der Waals surface area contributed by atoms with E-state index in [1.165, 1.54) is 4.90 Å². The average Bonchev–Trinajstić information content (AvgIpc) is 2.81. The number of aromatic nitrogens is 3. The van der Waals surface area contributed by atoms with E-state index in [2.05, 4.69) is 10.1 Å². The lowest BCUT2D eigenvalue weighted by Crippen LogP contribution is -2.22. The molecule has 18 heavy (non-hydrogen) atoms. The Labute approximate surface area is 105 Å². The number of nitrogens with zero attached hydrogens (tertiary/aromatic N) is 4. The van der Waals surface area contributed by atoms with Gasteiger partial charge in [-0.2, -0.15) is 5.10 Å². The Bertz CT molecular complexity index is 588. The molecule has 0 saturated heterocycles. The SMILES string of the molecule is Cc1cc(-n2ccc(C(=O)N(C)C)n2)ncc1N. The summed E-state index contributed by atoms with van der Waals surface area (Å²) in [6.45, 7) is 1.90. The Morgan fingerprint density at radius 2 is 2.17 bits per heavy atom. The molecule has 0 fully saturated rings. The van der Waals surface area contributed by atoms with Crippen LogP contribution in [-0.2, 0) is 0 Å². The zero-order valence-electron chi connectivity index (χ0n) is 10.6. The minimum Gasteiger partial charge on any atom is -0.397 e. The number of hydrogen-bond donors (Lipinski definition) is 1. The van der Waals surface area contributed by atoms with Crippen LogP contribution in [0.2, 0.25) is 0 Å². The van der Waals surface area contributed by atoms with Gasteiger partial charge in [-0.1, -0.05) is 0 Å². The molecular weight excluding hydrogens is 230 g/mol. The van der Waals surface area contributed by atoms with Gasteiger partial charge in [0.1, 0.15) is 0 Å². The summed E-state index contributed by atoms with van der Waals surface area (Å²) < 4.78 is 1.56. The summed E-state index contributed by atoms with van der Waals surface area (Å²) in [5, 5.41) is 4.19. The normalized spacial score (nSPS) is 10.4. The molecule has 6 heteroatoms. The van der Waals surface area contributed by atoms with Gasteiger partial charge in [0.2, 0.25) is 0 Å². The average molecular weight is 245 g/mol. The first-order valence-corrected chi connectivity index (χ1v) is 5.49. The van der Waals surface area contributed by atoms with Gasteiger partial charge in [-0.25, -0.2) is 9.67 Å². The second kappa shape index (κ2) is 4.48. The third kappa shape index (κ3) is 2.17. The van der Waals surface area contributed by atoms with E-state index >= 15 is 0 Å². The zero-order valence-corrected chi connectivity index (χ0v) is 10.6. The number of nitrogens with two attached hydrogens (primary N) is 1. The number of nitrogen functional groups attached to an aromatic ring is 1. The lowest BCUT2D eigenvalue weighted by Gasteiger charge is -2.07. The second-order valence-corrected chi connectivity index (χ2v) is 4.24. The number of hydrogen-bond acceptors (Lipinski definition) is 4. The molecule has 94 valence electrons. The number of amides is 1. The summed E-state index contributed by atoms with van der Waals surface area (Å²) in [7, 11) is 3.37. The molecule has 2 rings (SSSR count). The van der Waals surface area contributed by atoms with E-state index in [4.69, 9.17) is 5.73 Å². The van der Waals surface area contributed by atoms with E-state index in [0.29, 0.717) is 17.2 Å². The zero-order chi connectivity index (χ0) is 13.3. The number of rotatable bonds is 2. The van der Waals surface area contributed by atoms with Crippen molar-refractivity contribution < 1.29 is 4.79 Å². The minimum absolute atomic E-state index is 0.138. The van der Waals surface area contributed by atoms with Gasteiger partial charge in [-0.3, -0.25) is 4.79 Å². The Balaban J connectivity index is 2.35. The van der Waals surface area contributed by atoms with E-state index in [1.54, 1.807) is 37.2 Å². The quantitative estimate of drug-likeness (QED) is 0.851. The van der Waals surface area contributed by atoms with Crippen LogP contribution in [0.3, 0.4) is 0 Å². The van der Waals surface area contributed by atoms with Crippen LogP contribution in [0, 0.1) is 6.92 Å². The first-order valence-electron chi connectivity index (χ1n) is 5.49. The highest BCUT2D eigenvalue weighted by Gasteiger charge is 2.12. The molecule has 0 aliphatic carbocycles. The lowest BCUT2D eigenvalue weighted by atomic mass is 10.2. The van der Waals surface area contributed by atoms with Crippen molar-refractivity contribution in [2.24, 2.45) is 0 Å². The van der Waals surface area contributed by atoms with Crippen molar-refractivity contribution in [3.8, 4) is 5.82 Å².